The predicted octanol–water partition coefficient (Wildman–Crippen LogP) is 3.25. The fourth-order valence-corrected chi connectivity index (χ4v) is 4.26. The number of benzene rings is 1. The van der Waals surface area contributed by atoms with Gasteiger partial charge in [0.05, 0.1) is 33.4 Å². The SMILES string of the molecule is Cc1nn(-c2ccccc2)c(C)c1NC(=O)CSc1nnc(-c2cccs2)n1N. The Hall–Kier alpha value is -3.11. The molecule has 0 spiro atoms. The Labute approximate surface area is 175 Å². The number of nitrogens with one attached hydrogen (secondary N) is 1. The molecule has 10 heteroatoms. The van der Waals surface area contributed by atoms with Crippen molar-refractivity contribution in [1.82, 2.24) is 24.7 Å². The van der Waals surface area contributed by atoms with Gasteiger partial charge in [-0.25, -0.2) is 9.36 Å². The molecule has 3 heterocycles. The number of thioether (sulfide) groups is 1. The number of hydrogen-bond acceptors (Lipinski definition) is 7. The minimum absolute atomic E-state index is 0.158. The Kier molecular flexibility index (Phi) is 5.36. The first-order chi connectivity index (χ1) is 14.0. The lowest BCUT2D eigenvalue weighted by Gasteiger charge is -2.07. The summed E-state index contributed by atoms with van der Waals surface area (Å²) in [6.07, 6.45) is 0. The van der Waals surface area contributed by atoms with E-state index in [-0.39, 0.29) is 11.7 Å². The molecule has 1 aromatic carbocycles. The summed E-state index contributed by atoms with van der Waals surface area (Å²) >= 11 is 2.77. The van der Waals surface area contributed by atoms with Gasteiger partial charge in [0.25, 0.3) is 0 Å². The normalized spacial score (nSPS) is 11.0. The van der Waals surface area contributed by atoms with Gasteiger partial charge in [-0.3, -0.25) is 4.79 Å². The molecule has 0 atom stereocenters. The van der Waals surface area contributed by atoms with Crippen LogP contribution in [0.5, 0.6) is 0 Å². The maximum atomic E-state index is 12.5. The molecule has 0 aliphatic carbocycles. The second kappa shape index (κ2) is 8.10. The number of thiophene rings is 1. The quantitative estimate of drug-likeness (QED) is 0.363. The van der Waals surface area contributed by atoms with Crippen LogP contribution in [0.15, 0.2) is 53.0 Å². The molecule has 148 valence electrons. The summed E-state index contributed by atoms with van der Waals surface area (Å²) in [5, 5.41) is 18.1. The van der Waals surface area contributed by atoms with Crippen molar-refractivity contribution in [3.05, 3.63) is 59.2 Å². The Morgan fingerprint density at radius 3 is 2.69 bits per heavy atom. The molecule has 1 amide bonds. The number of nitrogens with zero attached hydrogens (tertiary/aromatic N) is 5. The Bertz CT molecular complexity index is 1130. The van der Waals surface area contributed by atoms with Crippen molar-refractivity contribution in [2.75, 3.05) is 16.9 Å². The molecule has 29 heavy (non-hydrogen) atoms. The minimum Gasteiger partial charge on any atom is -0.335 e. The number of aromatic nitrogens is 5. The predicted molar refractivity (Wildman–Crippen MR) is 116 cm³/mol. The molecule has 0 aliphatic heterocycles. The van der Waals surface area contributed by atoms with Gasteiger partial charge in [0.1, 0.15) is 0 Å². The fraction of sp³-hybridized carbons (Fsp3) is 0.158. The summed E-state index contributed by atoms with van der Waals surface area (Å²) < 4.78 is 3.23. The van der Waals surface area contributed by atoms with Crippen LogP contribution in [0, 0.1) is 13.8 Å². The van der Waals surface area contributed by atoms with Crippen molar-refractivity contribution in [2.24, 2.45) is 0 Å². The van der Waals surface area contributed by atoms with Crippen molar-refractivity contribution in [3.8, 4) is 16.4 Å². The Morgan fingerprint density at radius 2 is 1.97 bits per heavy atom. The molecule has 4 aromatic rings. The van der Waals surface area contributed by atoms with Crippen molar-refractivity contribution in [1.29, 1.82) is 0 Å². The largest absolute Gasteiger partial charge is 0.335 e. The second-order valence-corrected chi connectivity index (χ2v) is 8.17. The van der Waals surface area contributed by atoms with Crippen LogP contribution in [-0.2, 0) is 4.79 Å². The van der Waals surface area contributed by atoms with Gasteiger partial charge in [-0.05, 0) is 37.4 Å². The molecule has 4 rings (SSSR count). The number of nitrogen functional groups attached to an aromatic ring is 1. The number of carbonyl (C=O) groups excluding carboxylic acids is 1. The van der Waals surface area contributed by atoms with Gasteiger partial charge in [0.15, 0.2) is 5.82 Å². The fourth-order valence-electron chi connectivity index (χ4n) is 2.90. The minimum atomic E-state index is -0.158. The van der Waals surface area contributed by atoms with E-state index in [1.807, 2.05) is 66.4 Å². The van der Waals surface area contributed by atoms with Crippen LogP contribution in [0.1, 0.15) is 11.4 Å². The smallest absolute Gasteiger partial charge is 0.234 e. The standard InChI is InChI=1S/C19H19N7OS2/c1-12-17(13(2)26(24-12)14-7-4-3-5-8-14)21-16(27)11-29-19-23-22-18(25(19)20)15-9-6-10-28-15/h3-10H,11,20H2,1-2H3,(H,21,27). The maximum Gasteiger partial charge on any atom is 0.234 e. The number of hydrogen-bond donors (Lipinski definition) is 2. The van der Waals surface area contributed by atoms with E-state index in [0.717, 1.165) is 22.0 Å². The first-order valence-corrected chi connectivity index (χ1v) is 10.7. The van der Waals surface area contributed by atoms with E-state index in [0.29, 0.717) is 16.7 Å². The number of rotatable bonds is 6. The van der Waals surface area contributed by atoms with Crippen LogP contribution < -0.4 is 11.2 Å². The van der Waals surface area contributed by atoms with Crippen LogP contribution >= 0.6 is 23.1 Å². The van der Waals surface area contributed by atoms with Crippen LogP contribution in [0.4, 0.5) is 5.69 Å². The van der Waals surface area contributed by atoms with E-state index in [1.165, 1.54) is 27.8 Å². The van der Waals surface area contributed by atoms with Crippen LogP contribution in [0.25, 0.3) is 16.4 Å². The molecule has 3 N–H and O–H groups in total. The third kappa shape index (κ3) is 3.89. The Morgan fingerprint density at radius 1 is 1.17 bits per heavy atom. The zero-order valence-electron chi connectivity index (χ0n) is 15.9. The number of nitrogens with two attached hydrogens (primary N) is 1. The lowest BCUT2D eigenvalue weighted by atomic mass is 10.3. The lowest BCUT2D eigenvalue weighted by Crippen LogP contribution is -2.17. The highest BCUT2D eigenvalue weighted by Crippen LogP contribution is 2.26. The zero-order valence-corrected chi connectivity index (χ0v) is 17.5. The van der Waals surface area contributed by atoms with Crippen LogP contribution in [0.2, 0.25) is 0 Å². The molecular weight excluding hydrogens is 406 g/mol. The first kappa shape index (κ1) is 19.2. The Balaban J connectivity index is 1.44. The second-order valence-electron chi connectivity index (χ2n) is 6.28. The molecule has 0 saturated carbocycles. The lowest BCUT2D eigenvalue weighted by molar-refractivity contribution is -0.113. The molecule has 0 radical (unpaired) electrons. The number of amides is 1. The summed E-state index contributed by atoms with van der Waals surface area (Å²) in [5.74, 6) is 6.67. The molecule has 3 aromatic heterocycles. The number of carbonyl (C=O) groups is 1. The van der Waals surface area contributed by atoms with Crippen molar-refractivity contribution in [3.63, 3.8) is 0 Å². The highest BCUT2D eigenvalue weighted by Gasteiger charge is 2.17. The van der Waals surface area contributed by atoms with Gasteiger partial charge >= 0.3 is 0 Å². The van der Waals surface area contributed by atoms with Crippen molar-refractivity contribution >= 4 is 34.7 Å². The van der Waals surface area contributed by atoms with E-state index in [1.54, 1.807) is 0 Å². The van der Waals surface area contributed by atoms with E-state index in [9.17, 15) is 4.79 Å². The first-order valence-electron chi connectivity index (χ1n) is 8.83. The van der Waals surface area contributed by atoms with Crippen LogP contribution in [0.3, 0.4) is 0 Å². The zero-order chi connectivity index (χ0) is 20.4. The average molecular weight is 426 g/mol. The maximum absolute atomic E-state index is 12.5. The summed E-state index contributed by atoms with van der Waals surface area (Å²) in [5.41, 5.74) is 3.29. The van der Waals surface area contributed by atoms with Crippen molar-refractivity contribution < 1.29 is 4.79 Å². The van der Waals surface area contributed by atoms with Crippen LogP contribution in [-0.4, -0.2) is 36.3 Å². The summed E-state index contributed by atoms with van der Waals surface area (Å²) in [4.78, 5) is 13.4. The monoisotopic (exact) mass is 425 g/mol. The van der Waals surface area contributed by atoms with Gasteiger partial charge in [-0.2, -0.15) is 5.10 Å². The summed E-state index contributed by atoms with van der Waals surface area (Å²) in [6.45, 7) is 3.80. The number of anilines is 1. The van der Waals surface area contributed by atoms with E-state index in [4.69, 9.17) is 5.84 Å². The van der Waals surface area contributed by atoms with Crippen molar-refractivity contribution in [2.45, 2.75) is 19.0 Å². The average Bonchev–Trinajstić information content (AvgIpc) is 3.43. The summed E-state index contributed by atoms with van der Waals surface area (Å²) in [6, 6.07) is 13.7. The van der Waals surface area contributed by atoms with E-state index >= 15 is 0 Å². The van der Waals surface area contributed by atoms with E-state index < -0.39 is 0 Å². The molecule has 0 unspecified atom stereocenters. The number of aryl methyl sites for hydroxylation is 1. The third-order valence-electron chi connectivity index (χ3n) is 4.29. The molecule has 0 fully saturated rings. The number of para-hydroxylation sites is 1. The highest BCUT2D eigenvalue weighted by molar-refractivity contribution is 7.99. The van der Waals surface area contributed by atoms with Gasteiger partial charge in [0, 0.05) is 0 Å². The molecule has 8 nitrogen and oxygen atoms in total. The molecule has 0 saturated heterocycles. The van der Waals surface area contributed by atoms with Gasteiger partial charge < -0.3 is 11.2 Å². The summed E-state index contributed by atoms with van der Waals surface area (Å²) in [7, 11) is 0. The third-order valence-corrected chi connectivity index (χ3v) is 6.10. The molecule has 0 aliphatic rings. The molecular formula is C19H19N7OS2. The topological polar surface area (TPSA) is 104 Å². The van der Waals surface area contributed by atoms with Gasteiger partial charge in [-0.1, -0.05) is 36.0 Å². The molecule has 0 bridgehead atoms. The van der Waals surface area contributed by atoms with E-state index in [2.05, 4.69) is 20.6 Å². The van der Waals surface area contributed by atoms with Gasteiger partial charge in [0.2, 0.25) is 11.1 Å². The highest BCUT2D eigenvalue weighted by atomic mass is 32.2. The van der Waals surface area contributed by atoms with Gasteiger partial charge in [-0.15, -0.1) is 21.5 Å².